The van der Waals surface area contributed by atoms with Gasteiger partial charge < -0.3 is 10.2 Å². The summed E-state index contributed by atoms with van der Waals surface area (Å²) in [5.74, 6) is 0.241. The Morgan fingerprint density at radius 2 is 1.93 bits per heavy atom. The van der Waals surface area contributed by atoms with Crippen molar-refractivity contribution in [2.24, 2.45) is 0 Å². The molecular weight excluding hydrogens is 399 g/mol. The van der Waals surface area contributed by atoms with Gasteiger partial charge in [-0.2, -0.15) is 13.2 Å². The molecule has 3 aromatic rings. The minimum Gasteiger partial charge on any atom is -0.362 e. The molecule has 1 N–H and O–H groups in total. The van der Waals surface area contributed by atoms with Crippen LogP contribution >= 0.6 is 0 Å². The van der Waals surface area contributed by atoms with E-state index in [1.54, 1.807) is 4.90 Å². The topological polar surface area (TPSA) is 96.8 Å². The van der Waals surface area contributed by atoms with Gasteiger partial charge in [0.15, 0.2) is 5.82 Å². The van der Waals surface area contributed by atoms with Crippen LogP contribution in [0.5, 0.6) is 0 Å². The lowest BCUT2D eigenvalue weighted by atomic mass is 10.2. The summed E-state index contributed by atoms with van der Waals surface area (Å²) in [4.78, 5) is 25.9. The van der Waals surface area contributed by atoms with Crippen LogP contribution < -0.4 is 5.32 Å². The molecule has 1 atom stereocenters. The van der Waals surface area contributed by atoms with Gasteiger partial charge in [0.2, 0.25) is 5.91 Å². The number of hydrogen-bond acceptors (Lipinski definition) is 7. The van der Waals surface area contributed by atoms with Gasteiger partial charge in [-0.15, -0.1) is 10.2 Å². The number of carbonyl (C=O) groups excluding carboxylic acids is 1. The molecular formula is C19H16F3N7O. The highest BCUT2D eigenvalue weighted by Gasteiger charge is 2.31. The Balaban J connectivity index is 1.64. The van der Waals surface area contributed by atoms with E-state index in [-0.39, 0.29) is 23.3 Å². The van der Waals surface area contributed by atoms with E-state index in [4.69, 9.17) is 0 Å². The third-order valence-corrected chi connectivity index (χ3v) is 4.75. The maximum absolute atomic E-state index is 12.8. The average molecular weight is 415 g/mol. The molecule has 1 aliphatic rings. The fourth-order valence-electron chi connectivity index (χ4n) is 3.25. The zero-order chi connectivity index (χ0) is 21.3. The van der Waals surface area contributed by atoms with Gasteiger partial charge in [-0.05, 0) is 24.6 Å². The van der Waals surface area contributed by atoms with Crippen molar-refractivity contribution in [2.45, 2.75) is 18.6 Å². The van der Waals surface area contributed by atoms with E-state index < -0.39 is 11.7 Å². The molecule has 154 valence electrons. The smallest absolute Gasteiger partial charge is 0.362 e. The maximum Gasteiger partial charge on any atom is 0.417 e. The van der Waals surface area contributed by atoms with Gasteiger partial charge >= 0.3 is 6.18 Å². The van der Waals surface area contributed by atoms with Crippen molar-refractivity contribution >= 4 is 22.8 Å². The Morgan fingerprint density at radius 3 is 2.60 bits per heavy atom. The third kappa shape index (κ3) is 3.78. The molecule has 1 amide bonds. The quantitative estimate of drug-likeness (QED) is 0.655. The number of pyridine rings is 1. The molecule has 0 radical (unpaired) electrons. The van der Waals surface area contributed by atoms with E-state index in [0.29, 0.717) is 36.4 Å². The van der Waals surface area contributed by atoms with Crippen molar-refractivity contribution < 1.29 is 18.0 Å². The molecule has 0 aliphatic carbocycles. The molecule has 1 fully saturated rings. The molecule has 0 aromatic carbocycles. The minimum atomic E-state index is -4.48. The molecule has 0 spiro atoms. The lowest BCUT2D eigenvalue weighted by molar-refractivity contribution is -0.137. The van der Waals surface area contributed by atoms with E-state index in [1.165, 1.54) is 24.5 Å². The lowest BCUT2D eigenvalue weighted by Crippen LogP contribution is -2.30. The SMILES string of the molecule is C=CC(=O)N1CC[C@H](Nc2nnc(-c3ccc(C(F)(F)F)cn3)c3nccnc23)C1. The van der Waals surface area contributed by atoms with Gasteiger partial charge in [0, 0.05) is 37.7 Å². The number of nitrogens with one attached hydrogen (secondary N) is 1. The number of halogens is 3. The highest BCUT2D eigenvalue weighted by molar-refractivity contribution is 5.93. The van der Waals surface area contributed by atoms with Crippen LogP contribution in [-0.4, -0.2) is 55.1 Å². The van der Waals surface area contributed by atoms with Gasteiger partial charge in [-0.25, -0.2) is 4.98 Å². The number of alkyl halides is 3. The van der Waals surface area contributed by atoms with Gasteiger partial charge in [0.1, 0.15) is 16.7 Å². The molecule has 3 aromatic heterocycles. The fourth-order valence-corrected chi connectivity index (χ4v) is 3.25. The highest BCUT2D eigenvalue weighted by Crippen LogP contribution is 2.31. The molecule has 4 heterocycles. The second kappa shape index (κ2) is 7.65. The van der Waals surface area contributed by atoms with Crippen LogP contribution in [0, 0.1) is 0 Å². The Morgan fingerprint density at radius 1 is 1.17 bits per heavy atom. The van der Waals surface area contributed by atoms with Crippen LogP contribution in [0.3, 0.4) is 0 Å². The van der Waals surface area contributed by atoms with Gasteiger partial charge in [-0.1, -0.05) is 6.58 Å². The average Bonchev–Trinajstić information content (AvgIpc) is 3.21. The number of fused-ring (bicyclic) bond motifs is 1. The van der Waals surface area contributed by atoms with Crippen molar-refractivity contribution in [1.82, 2.24) is 30.0 Å². The number of hydrogen-bond donors (Lipinski definition) is 1. The van der Waals surface area contributed by atoms with Gasteiger partial charge in [0.05, 0.1) is 11.3 Å². The zero-order valence-corrected chi connectivity index (χ0v) is 15.6. The molecule has 4 rings (SSSR count). The van der Waals surface area contributed by atoms with Gasteiger partial charge in [0.25, 0.3) is 0 Å². The molecule has 0 unspecified atom stereocenters. The maximum atomic E-state index is 12.8. The first kappa shape index (κ1) is 19.7. The number of carbonyl (C=O) groups is 1. The normalized spacial score (nSPS) is 16.6. The van der Waals surface area contributed by atoms with E-state index in [2.05, 4.69) is 37.0 Å². The van der Waals surface area contributed by atoms with Crippen LogP contribution in [0.1, 0.15) is 12.0 Å². The summed E-state index contributed by atoms with van der Waals surface area (Å²) in [6.07, 6.45) is 1.20. The van der Waals surface area contributed by atoms with Crippen LogP contribution in [0.4, 0.5) is 19.0 Å². The van der Waals surface area contributed by atoms with E-state index in [0.717, 1.165) is 12.3 Å². The summed E-state index contributed by atoms with van der Waals surface area (Å²) >= 11 is 0. The molecule has 30 heavy (non-hydrogen) atoms. The summed E-state index contributed by atoms with van der Waals surface area (Å²) in [5, 5.41) is 11.5. The number of amides is 1. The zero-order valence-electron chi connectivity index (χ0n) is 15.6. The second-order valence-corrected chi connectivity index (χ2v) is 6.70. The first-order valence-electron chi connectivity index (χ1n) is 9.05. The highest BCUT2D eigenvalue weighted by atomic mass is 19.4. The Bertz CT molecular complexity index is 1100. The third-order valence-electron chi connectivity index (χ3n) is 4.75. The standard InChI is InChI=1S/C19H16F3N7O/c1-2-14(30)29-8-5-12(10-29)26-18-17-16(23-6-7-24-17)15(27-28-18)13-4-3-11(9-25-13)19(20,21)22/h2-4,6-7,9,12H,1,5,8,10H2,(H,26,28)/t12-/m0/s1. The number of nitrogens with zero attached hydrogens (tertiary/aromatic N) is 6. The van der Waals surface area contributed by atoms with Crippen molar-refractivity contribution in [3.05, 3.63) is 48.9 Å². The van der Waals surface area contributed by atoms with Crippen molar-refractivity contribution in [2.75, 3.05) is 18.4 Å². The lowest BCUT2D eigenvalue weighted by Gasteiger charge is -2.16. The molecule has 11 heteroatoms. The Hall–Kier alpha value is -3.63. The number of aromatic nitrogens is 5. The minimum absolute atomic E-state index is 0.0524. The Labute approximate surface area is 168 Å². The first-order chi connectivity index (χ1) is 14.4. The van der Waals surface area contributed by atoms with Crippen LogP contribution in [0.15, 0.2) is 43.4 Å². The van der Waals surface area contributed by atoms with E-state index in [9.17, 15) is 18.0 Å². The summed E-state index contributed by atoms with van der Waals surface area (Å²) < 4.78 is 38.4. The summed E-state index contributed by atoms with van der Waals surface area (Å²) in [5.41, 5.74) is 0.355. The predicted octanol–water partition coefficient (Wildman–Crippen LogP) is 2.70. The molecule has 1 saturated heterocycles. The molecule has 0 saturated carbocycles. The number of anilines is 1. The van der Waals surface area contributed by atoms with Crippen molar-refractivity contribution in [1.29, 1.82) is 0 Å². The summed E-state index contributed by atoms with van der Waals surface area (Å²) in [6.45, 7) is 4.56. The predicted molar refractivity (Wildman–Crippen MR) is 102 cm³/mol. The summed E-state index contributed by atoms with van der Waals surface area (Å²) in [7, 11) is 0. The molecule has 8 nitrogen and oxygen atoms in total. The van der Waals surface area contributed by atoms with Crippen molar-refractivity contribution in [3.63, 3.8) is 0 Å². The second-order valence-electron chi connectivity index (χ2n) is 6.70. The van der Waals surface area contributed by atoms with E-state index >= 15 is 0 Å². The van der Waals surface area contributed by atoms with Gasteiger partial charge in [-0.3, -0.25) is 14.8 Å². The molecule has 0 bridgehead atoms. The fraction of sp³-hybridized carbons (Fsp3) is 0.263. The largest absolute Gasteiger partial charge is 0.417 e. The summed E-state index contributed by atoms with van der Waals surface area (Å²) in [6, 6.07) is 2.11. The van der Waals surface area contributed by atoms with Crippen LogP contribution in [0.2, 0.25) is 0 Å². The van der Waals surface area contributed by atoms with E-state index in [1.807, 2.05) is 0 Å². The van der Waals surface area contributed by atoms with Crippen LogP contribution in [0.25, 0.3) is 22.4 Å². The monoisotopic (exact) mass is 415 g/mol. The number of rotatable bonds is 4. The molecule has 1 aliphatic heterocycles. The Kier molecular flexibility index (Phi) is 5.02. The first-order valence-corrected chi connectivity index (χ1v) is 9.05. The van der Waals surface area contributed by atoms with Crippen molar-refractivity contribution in [3.8, 4) is 11.4 Å². The number of likely N-dealkylation sites (tertiary alicyclic amines) is 1. The van der Waals surface area contributed by atoms with Crippen LogP contribution in [-0.2, 0) is 11.0 Å².